The monoisotopic (exact) mass is 499 g/mol. The van der Waals surface area contributed by atoms with Gasteiger partial charge in [-0.25, -0.2) is 9.78 Å². The molecule has 0 spiro atoms. The van der Waals surface area contributed by atoms with Crippen LogP contribution >= 0.6 is 11.3 Å². The van der Waals surface area contributed by atoms with Crippen LogP contribution in [0.4, 0.5) is 15.6 Å². The van der Waals surface area contributed by atoms with Crippen molar-refractivity contribution in [3.8, 4) is 0 Å². The second kappa shape index (κ2) is 10.5. The summed E-state index contributed by atoms with van der Waals surface area (Å²) in [5, 5.41) is 6.53. The van der Waals surface area contributed by atoms with Crippen LogP contribution in [0.3, 0.4) is 0 Å². The van der Waals surface area contributed by atoms with Crippen LogP contribution in [0.25, 0.3) is 10.2 Å². The van der Waals surface area contributed by atoms with E-state index in [0.717, 1.165) is 52.2 Å². The largest absolute Gasteiger partial charge is 0.322 e. The Hall–Kier alpha value is -3.75. The van der Waals surface area contributed by atoms with Crippen molar-refractivity contribution in [2.75, 3.05) is 36.8 Å². The van der Waals surface area contributed by atoms with Crippen LogP contribution in [0.1, 0.15) is 27.0 Å². The molecular weight excluding hydrogens is 470 g/mol. The van der Waals surface area contributed by atoms with E-state index < -0.39 is 0 Å². The average molecular weight is 500 g/mol. The zero-order valence-corrected chi connectivity index (χ0v) is 21.3. The summed E-state index contributed by atoms with van der Waals surface area (Å²) in [4.78, 5) is 34.0. The van der Waals surface area contributed by atoms with Gasteiger partial charge in [-0.15, -0.1) is 0 Å². The Morgan fingerprint density at radius 3 is 2.28 bits per heavy atom. The molecule has 4 aromatic rings. The number of nitrogens with one attached hydrogen (secondary N) is 2. The van der Waals surface area contributed by atoms with Gasteiger partial charge in [0.15, 0.2) is 5.13 Å². The van der Waals surface area contributed by atoms with Crippen LogP contribution in [0.5, 0.6) is 0 Å². The van der Waals surface area contributed by atoms with Crippen molar-refractivity contribution < 1.29 is 9.59 Å². The van der Waals surface area contributed by atoms with Crippen LogP contribution < -0.4 is 10.6 Å². The predicted octanol–water partition coefficient (Wildman–Crippen LogP) is 5.52. The van der Waals surface area contributed by atoms with Crippen molar-refractivity contribution in [3.63, 3.8) is 0 Å². The van der Waals surface area contributed by atoms with Crippen molar-refractivity contribution in [1.29, 1.82) is 0 Å². The first kappa shape index (κ1) is 24.0. The molecule has 0 saturated carbocycles. The van der Waals surface area contributed by atoms with Gasteiger partial charge in [0.05, 0.1) is 10.2 Å². The minimum Gasteiger partial charge on any atom is -0.322 e. The van der Waals surface area contributed by atoms with Crippen molar-refractivity contribution >= 4 is 44.3 Å². The third-order valence-corrected chi connectivity index (χ3v) is 7.22. The van der Waals surface area contributed by atoms with Crippen molar-refractivity contribution in [2.45, 2.75) is 20.4 Å². The van der Waals surface area contributed by atoms with Gasteiger partial charge in [-0.1, -0.05) is 41.7 Å². The number of hydrogen-bond donors (Lipinski definition) is 2. The second-order valence-electron chi connectivity index (χ2n) is 9.21. The highest BCUT2D eigenvalue weighted by Gasteiger charge is 2.21. The fourth-order valence-electron chi connectivity index (χ4n) is 4.47. The normalized spacial score (nSPS) is 14.1. The number of fused-ring (bicyclic) bond motifs is 1. The second-order valence-corrected chi connectivity index (χ2v) is 10.2. The number of urea groups is 1. The lowest BCUT2D eigenvalue weighted by molar-refractivity contribution is 0.102. The Bertz CT molecular complexity index is 1340. The van der Waals surface area contributed by atoms with E-state index in [9.17, 15) is 9.59 Å². The molecule has 5 rings (SSSR count). The van der Waals surface area contributed by atoms with E-state index in [-0.39, 0.29) is 11.9 Å². The van der Waals surface area contributed by atoms with E-state index >= 15 is 0 Å². The van der Waals surface area contributed by atoms with E-state index in [1.165, 1.54) is 11.3 Å². The number of anilines is 2. The van der Waals surface area contributed by atoms with Gasteiger partial charge < -0.3 is 10.2 Å². The molecule has 2 heterocycles. The number of aromatic nitrogens is 1. The molecule has 36 heavy (non-hydrogen) atoms. The van der Waals surface area contributed by atoms with Gasteiger partial charge in [-0.3, -0.25) is 15.0 Å². The van der Waals surface area contributed by atoms with Crippen molar-refractivity contribution in [3.05, 3.63) is 89.0 Å². The molecule has 0 unspecified atom stereocenters. The fraction of sp³-hybridized carbons (Fsp3) is 0.250. The zero-order chi connectivity index (χ0) is 25.1. The minimum atomic E-state index is -0.163. The number of carbonyl (C=O) groups is 2. The Labute approximate surface area is 214 Å². The first-order valence-electron chi connectivity index (χ1n) is 12.1. The summed E-state index contributed by atoms with van der Waals surface area (Å²) < 4.78 is 1.05. The number of rotatable bonds is 5. The summed E-state index contributed by atoms with van der Waals surface area (Å²) in [5.74, 6) is -0.163. The quantitative estimate of drug-likeness (QED) is 0.379. The highest BCUT2D eigenvalue weighted by atomic mass is 32.1. The van der Waals surface area contributed by atoms with Gasteiger partial charge in [0.25, 0.3) is 5.91 Å². The molecule has 3 amide bonds. The Morgan fingerprint density at radius 1 is 0.889 bits per heavy atom. The summed E-state index contributed by atoms with van der Waals surface area (Å²) in [6.45, 7) is 7.82. The summed E-state index contributed by atoms with van der Waals surface area (Å²) in [6, 6.07) is 21.5. The van der Waals surface area contributed by atoms with Crippen LogP contribution in [-0.2, 0) is 6.54 Å². The van der Waals surface area contributed by atoms with Crippen LogP contribution in [0.2, 0.25) is 0 Å². The van der Waals surface area contributed by atoms with Crippen molar-refractivity contribution in [1.82, 2.24) is 14.8 Å². The maximum Gasteiger partial charge on any atom is 0.321 e. The lowest BCUT2D eigenvalue weighted by Crippen LogP contribution is -2.49. The maximum absolute atomic E-state index is 12.7. The number of hydrogen-bond acceptors (Lipinski definition) is 5. The van der Waals surface area contributed by atoms with E-state index in [4.69, 9.17) is 0 Å². The molecule has 3 aromatic carbocycles. The first-order valence-corrected chi connectivity index (χ1v) is 12.9. The van der Waals surface area contributed by atoms with Crippen LogP contribution in [0, 0.1) is 13.8 Å². The molecule has 1 aliphatic rings. The van der Waals surface area contributed by atoms with Gasteiger partial charge in [0.1, 0.15) is 0 Å². The van der Waals surface area contributed by atoms with Gasteiger partial charge in [0, 0.05) is 44.0 Å². The highest BCUT2D eigenvalue weighted by molar-refractivity contribution is 7.22. The number of amides is 3. The number of nitrogens with zero attached hydrogens (tertiary/aromatic N) is 3. The molecule has 1 fully saturated rings. The summed E-state index contributed by atoms with van der Waals surface area (Å²) in [5.41, 5.74) is 5.74. The predicted molar refractivity (Wildman–Crippen MR) is 146 cm³/mol. The van der Waals surface area contributed by atoms with Gasteiger partial charge >= 0.3 is 6.03 Å². The highest BCUT2D eigenvalue weighted by Crippen LogP contribution is 2.26. The molecule has 1 aliphatic heterocycles. The number of para-hydroxylation sites is 1. The standard InChI is InChI=1S/C28H29N5O2S/c1-19-15-20(2)17-23(16-19)29-28(35)33-13-11-32(12-14-33)18-21-7-9-22(10-8-21)26(34)31-27-30-24-5-3-4-6-25(24)36-27/h3-10,15-17H,11-14,18H2,1-2H3,(H,29,35)(H,30,31,34). The number of thiazole rings is 1. The van der Waals surface area contributed by atoms with Gasteiger partial charge in [-0.2, -0.15) is 0 Å². The van der Waals surface area contributed by atoms with Crippen LogP contribution in [-0.4, -0.2) is 52.9 Å². The molecule has 2 N–H and O–H groups in total. The van der Waals surface area contributed by atoms with Crippen molar-refractivity contribution in [2.24, 2.45) is 0 Å². The molecule has 0 aliphatic carbocycles. The fourth-order valence-corrected chi connectivity index (χ4v) is 5.33. The van der Waals surface area contributed by atoms with E-state index in [1.807, 2.05) is 79.4 Å². The molecule has 1 aromatic heterocycles. The van der Waals surface area contributed by atoms with Gasteiger partial charge in [0.2, 0.25) is 0 Å². The molecule has 184 valence electrons. The topological polar surface area (TPSA) is 77.6 Å². The number of piperazine rings is 1. The van der Waals surface area contributed by atoms with E-state index in [2.05, 4.69) is 26.6 Å². The lowest BCUT2D eigenvalue weighted by atomic mass is 10.1. The molecule has 0 atom stereocenters. The summed E-state index contributed by atoms with van der Waals surface area (Å²) in [7, 11) is 0. The Balaban J connectivity index is 1.11. The third-order valence-electron chi connectivity index (χ3n) is 6.27. The number of aryl methyl sites for hydroxylation is 2. The number of benzene rings is 3. The number of carbonyl (C=O) groups excluding carboxylic acids is 2. The Morgan fingerprint density at radius 2 is 1.58 bits per heavy atom. The molecule has 0 radical (unpaired) electrons. The van der Waals surface area contributed by atoms with E-state index in [1.54, 1.807) is 0 Å². The Kier molecular flexibility index (Phi) is 6.97. The summed E-state index contributed by atoms with van der Waals surface area (Å²) >= 11 is 1.47. The maximum atomic E-state index is 12.7. The first-order chi connectivity index (χ1) is 17.4. The molecule has 8 heteroatoms. The average Bonchev–Trinajstić information content (AvgIpc) is 3.26. The lowest BCUT2D eigenvalue weighted by Gasteiger charge is -2.34. The van der Waals surface area contributed by atoms with Crippen LogP contribution in [0.15, 0.2) is 66.7 Å². The summed E-state index contributed by atoms with van der Waals surface area (Å²) in [6.07, 6.45) is 0. The molecule has 1 saturated heterocycles. The molecular formula is C28H29N5O2S. The minimum absolute atomic E-state index is 0.0526. The molecule has 7 nitrogen and oxygen atoms in total. The molecule has 0 bridgehead atoms. The smallest absolute Gasteiger partial charge is 0.321 e. The third kappa shape index (κ3) is 5.72. The zero-order valence-electron chi connectivity index (χ0n) is 20.5. The van der Waals surface area contributed by atoms with E-state index in [0.29, 0.717) is 23.8 Å². The van der Waals surface area contributed by atoms with Gasteiger partial charge in [-0.05, 0) is 66.9 Å². The SMILES string of the molecule is Cc1cc(C)cc(NC(=O)N2CCN(Cc3ccc(C(=O)Nc4nc5ccccc5s4)cc3)CC2)c1.